The van der Waals surface area contributed by atoms with Gasteiger partial charge in [-0.2, -0.15) is 4.98 Å². The largest absolute Gasteiger partial charge is 0.453 e. The molecule has 0 bridgehead atoms. The summed E-state index contributed by atoms with van der Waals surface area (Å²) >= 11 is 0. The van der Waals surface area contributed by atoms with Crippen LogP contribution in [0.5, 0.6) is 6.01 Å². The lowest BCUT2D eigenvalue weighted by Crippen LogP contribution is -2.28. The fourth-order valence-corrected chi connectivity index (χ4v) is 4.15. The third-order valence-corrected chi connectivity index (χ3v) is 5.87. The molecule has 2 N–H and O–H groups in total. The van der Waals surface area contributed by atoms with Crippen LogP contribution in [-0.2, 0) is 9.59 Å². The number of hydrogen-bond acceptors (Lipinski definition) is 7. The number of rotatable bonds is 9. The molecule has 10 heteroatoms. The van der Waals surface area contributed by atoms with Crippen LogP contribution in [0.3, 0.4) is 0 Å². The number of piperidine rings is 1. The molecule has 2 aromatic rings. The van der Waals surface area contributed by atoms with Gasteiger partial charge in [-0.25, -0.2) is 9.37 Å². The van der Waals surface area contributed by atoms with Gasteiger partial charge in [0.2, 0.25) is 5.91 Å². The van der Waals surface area contributed by atoms with Crippen molar-refractivity contribution in [2.45, 2.75) is 6.42 Å². The van der Waals surface area contributed by atoms with Crippen molar-refractivity contribution in [2.75, 3.05) is 38.2 Å². The second-order valence-electron chi connectivity index (χ2n) is 7.88. The van der Waals surface area contributed by atoms with Gasteiger partial charge in [0.25, 0.3) is 5.91 Å². The Bertz CT molecular complexity index is 990. The molecule has 168 valence electrons. The number of nitrogens with zero attached hydrogens (tertiary/aromatic N) is 4. The summed E-state index contributed by atoms with van der Waals surface area (Å²) < 4.78 is 19.5. The molecule has 0 aromatic carbocycles. The molecule has 2 fully saturated rings. The fraction of sp³-hybridized carbons (Fsp3) is 0.409. The Kier molecular flexibility index (Phi) is 6.58. The topological polar surface area (TPSA) is 109 Å². The zero-order chi connectivity index (χ0) is 22.5. The predicted molar refractivity (Wildman–Crippen MR) is 115 cm³/mol. The van der Waals surface area contributed by atoms with Gasteiger partial charge >= 0.3 is 6.01 Å². The molecular formula is C22H25FN6O3. The summed E-state index contributed by atoms with van der Waals surface area (Å²) in [5.41, 5.74) is 0.874. The normalized spacial score (nSPS) is 21.3. The maximum Gasteiger partial charge on any atom is 0.319 e. The molecule has 0 radical (unpaired) electrons. The van der Waals surface area contributed by atoms with Crippen molar-refractivity contribution >= 4 is 23.7 Å². The molecule has 0 spiro atoms. The molecule has 2 aromatic heterocycles. The van der Waals surface area contributed by atoms with E-state index in [-0.39, 0.29) is 30.2 Å². The van der Waals surface area contributed by atoms with E-state index in [1.165, 1.54) is 13.1 Å². The minimum atomic E-state index is -0.511. The molecule has 2 amide bonds. The Hall–Kier alpha value is -3.56. The molecule has 1 saturated carbocycles. The first-order valence-electron chi connectivity index (χ1n) is 10.5. The van der Waals surface area contributed by atoms with Crippen LogP contribution in [0.1, 0.15) is 12.0 Å². The van der Waals surface area contributed by atoms with Crippen molar-refractivity contribution < 1.29 is 18.7 Å². The number of carbonyl (C=O) groups excluding carboxylic acids is 2. The minimum absolute atomic E-state index is 0.0239. The number of fused-ring (bicyclic) bond motifs is 1. The maximum absolute atomic E-state index is 14.3. The number of carbonyl (C=O) groups is 2. The van der Waals surface area contributed by atoms with Crippen molar-refractivity contribution in [1.82, 2.24) is 25.6 Å². The van der Waals surface area contributed by atoms with E-state index >= 15 is 0 Å². The van der Waals surface area contributed by atoms with Gasteiger partial charge < -0.3 is 20.3 Å². The van der Waals surface area contributed by atoms with Crippen molar-refractivity contribution in [3.05, 3.63) is 48.2 Å². The molecule has 3 heterocycles. The summed E-state index contributed by atoms with van der Waals surface area (Å²) in [6, 6.07) is 3.67. The predicted octanol–water partition coefficient (Wildman–Crippen LogP) is 1.04. The van der Waals surface area contributed by atoms with Gasteiger partial charge in [0.1, 0.15) is 0 Å². The first kappa shape index (κ1) is 21.7. The molecule has 32 heavy (non-hydrogen) atoms. The van der Waals surface area contributed by atoms with E-state index < -0.39 is 5.82 Å². The Balaban J connectivity index is 1.21. The smallest absolute Gasteiger partial charge is 0.319 e. The lowest BCUT2D eigenvalue weighted by Gasteiger charge is -2.21. The maximum atomic E-state index is 14.3. The van der Waals surface area contributed by atoms with Gasteiger partial charge in [0.15, 0.2) is 18.2 Å². The third kappa shape index (κ3) is 5.19. The number of amides is 2. The molecule has 4 rings (SSSR count). The second kappa shape index (κ2) is 9.71. The first-order chi connectivity index (χ1) is 15.5. The average Bonchev–Trinajstić information content (AvgIpc) is 3.25. The van der Waals surface area contributed by atoms with Gasteiger partial charge in [0.05, 0.1) is 6.20 Å². The van der Waals surface area contributed by atoms with E-state index in [4.69, 9.17) is 4.74 Å². The van der Waals surface area contributed by atoms with Crippen molar-refractivity contribution in [2.24, 2.45) is 17.8 Å². The molecule has 1 aliphatic carbocycles. The summed E-state index contributed by atoms with van der Waals surface area (Å²) in [5.74, 6) is 0.681. The Morgan fingerprint density at radius 2 is 2.12 bits per heavy atom. The van der Waals surface area contributed by atoms with Crippen LogP contribution >= 0.6 is 0 Å². The standard InChI is InChI=1S/C22H25FN6O3/c1-24-20(31)13-32-22-27-10-18(23)21(28-22)29-11-16-15(17(16)12-29)6-8-26-19(30)5-4-14-3-2-7-25-9-14/h2-5,7,9-10,15-17H,6,8,11-13H2,1H3,(H,24,31)(H,26,30)/b5-4+. The summed E-state index contributed by atoms with van der Waals surface area (Å²) in [4.78, 5) is 37.1. The van der Waals surface area contributed by atoms with E-state index in [0.29, 0.717) is 37.4 Å². The van der Waals surface area contributed by atoms with E-state index in [9.17, 15) is 14.0 Å². The molecule has 2 unspecified atom stereocenters. The fourth-order valence-electron chi connectivity index (χ4n) is 4.15. The van der Waals surface area contributed by atoms with E-state index in [2.05, 4.69) is 25.6 Å². The highest BCUT2D eigenvalue weighted by molar-refractivity contribution is 5.91. The summed E-state index contributed by atoms with van der Waals surface area (Å²) in [5, 5.41) is 5.35. The number of nitrogens with one attached hydrogen (secondary N) is 2. The molecule has 9 nitrogen and oxygen atoms in total. The molecule has 1 saturated heterocycles. The summed E-state index contributed by atoms with van der Waals surface area (Å²) in [7, 11) is 1.50. The lowest BCUT2D eigenvalue weighted by atomic mass is 10.2. The highest BCUT2D eigenvalue weighted by Gasteiger charge is 2.55. The average molecular weight is 440 g/mol. The van der Waals surface area contributed by atoms with Crippen molar-refractivity contribution in [3.8, 4) is 6.01 Å². The highest BCUT2D eigenvalue weighted by Crippen LogP contribution is 2.54. The van der Waals surface area contributed by atoms with Gasteiger partial charge in [-0.15, -0.1) is 0 Å². The number of likely N-dealkylation sites (N-methyl/N-ethyl adjacent to an activating group) is 1. The van der Waals surface area contributed by atoms with Crippen LogP contribution in [0, 0.1) is 23.6 Å². The quantitative estimate of drug-likeness (QED) is 0.561. The number of anilines is 1. The van der Waals surface area contributed by atoms with Gasteiger partial charge in [-0.1, -0.05) is 6.07 Å². The monoisotopic (exact) mass is 440 g/mol. The van der Waals surface area contributed by atoms with Crippen molar-refractivity contribution in [3.63, 3.8) is 0 Å². The van der Waals surface area contributed by atoms with Gasteiger partial charge in [0, 0.05) is 45.2 Å². The van der Waals surface area contributed by atoms with Crippen LogP contribution in [0.25, 0.3) is 6.08 Å². The number of hydrogen-bond donors (Lipinski definition) is 2. The molecule has 2 aliphatic rings. The summed E-state index contributed by atoms with van der Waals surface area (Å²) in [6.45, 7) is 1.78. The zero-order valence-electron chi connectivity index (χ0n) is 17.7. The Morgan fingerprint density at radius 1 is 1.31 bits per heavy atom. The number of aromatic nitrogens is 3. The number of halogens is 1. The van der Waals surface area contributed by atoms with Crippen LogP contribution in [0.2, 0.25) is 0 Å². The van der Waals surface area contributed by atoms with E-state index in [1.54, 1.807) is 18.5 Å². The summed E-state index contributed by atoms with van der Waals surface area (Å²) in [6.07, 6.45) is 8.58. The second-order valence-corrected chi connectivity index (χ2v) is 7.88. The van der Waals surface area contributed by atoms with Crippen LogP contribution < -0.4 is 20.3 Å². The van der Waals surface area contributed by atoms with E-state index in [1.807, 2.05) is 17.0 Å². The third-order valence-electron chi connectivity index (χ3n) is 5.87. The van der Waals surface area contributed by atoms with Gasteiger partial charge in [-0.05, 0) is 41.9 Å². The number of ether oxygens (including phenoxy) is 1. The SMILES string of the molecule is CNC(=O)COc1ncc(F)c(N2CC3C(CCNC(=O)/C=C/c4cccnc4)C3C2)n1. The van der Waals surface area contributed by atoms with Crippen LogP contribution in [0.4, 0.5) is 10.2 Å². The Morgan fingerprint density at radius 3 is 2.84 bits per heavy atom. The van der Waals surface area contributed by atoms with Crippen molar-refractivity contribution in [1.29, 1.82) is 0 Å². The lowest BCUT2D eigenvalue weighted by molar-refractivity contribution is -0.122. The molecule has 1 aliphatic heterocycles. The minimum Gasteiger partial charge on any atom is -0.453 e. The molecule has 2 atom stereocenters. The molecular weight excluding hydrogens is 415 g/mol. The van der Waals surface area contributed by atoms with Gasteiger partial charge in [-0.3, -0.25) is 14.6 Å². The number of pyridine rings is 1. The Labute approximate surface area is 185 Å². The highest BCUT2D eigenvalue weighted by atomic mass is 19.1. The first-order valence-corrected chi connectivity index (χ1v) is 10.5. The van der Waals surface area contributed by atoms with Crippen LogP contribution in [-0.4, -0.2) is 60.1 Å². The van der Waals surface area contributed by atoms with Crippen LogP contribution in [0.15, 0.2) is 36.8 Å². The van der Waals surface area contributed by atoms with E-state index in [0.717, 1.165) is 18.2 Å². The zero-order valence-corrected chi connectivity index (χ0v) is 17.7.